The topological polar surface area (TPSA) is 44.8 Å². The lowest BCUT2D eigenvalue weighted by atomic mass is 10.0. The summed E-state index contributed by atoms with van der Waals surface area (Å²) in [5, 5.41) is 2.92. The Kier molecular flexibility index (Phi) is 5.36. The van der Waals surface area contributed by atoms with Crippen LogP contribution >= 0.6 is 11.3 Å². The van der Waals surface area contributed by atoms with Gasteiger partial charge in [0.1, 0.15) is 17.9 Å². The van der Waals surface area contributed by atoms with Crippen molar-refractivity contribution in [2.45, 2.75) is 6.61 Å². The standard InChI is InChI=1S/C20H18O4S/c1-22-12-17(20(21)23-2)18-13-25-19-9-8-14(10-16(18)19)11-24-15-6-4-3-5-7-15/h3-10,12-13H,11H2,1-2H3. The number of hydrogen-bond acceptors (Lipinski definition) is 5. The van der Waals surface area contributed by atoms with Crippen LogP contribution in [0.1, 0.15) is 11.1 Å². The molecule has 0 bridgehead atoms. The molecule has 5 heteroatoms. The fourth-order valence-corrected chi connectivity index (χ4v) is 3.45. The second-order valence-corrected chi connectivity index (χ2v) is 6.25. The van der Waals surface area contributed by atoms with Crippen LogP contribution in [0.3, 0.4) is 0 Å². The third kappa shape index (κ3) is 3.83. The molecular weight excluding hydrogens is 336 g/mol. The Morgan fingerprint density at radius 1 is 1.12 bits per heavy atom. The highest BCUT2D eigenvalue weighted by atomic mass is 32.1. The van der Waals surface area contributed by atoms with Crippen molar-refractivity contribution in [2.24, 2.45) is 0 Å². The zero-order valence-corrected chi connectivity index (χ0v) is 14.8. The van der Waals surface area contributed by atoms with Crippen molar-refractivity contribution >= 4 is 33.0 Å². The van der Waals surface area contributed by atoms with Gasteiger partial charge in [-0.15, -0.1) is 11.3 Å². The molecule has 1 aromatic heterocycles. The van der Waals surface area contributed by atoms with E-state index in [0.29, 0.717) is 12.2 Å². The maximum atomic E-state index is 12.0. The van der Waals surface area contributed by atoms with Crippen LogP contribution in [-0.2, 0) is 20.9 Å². The van der Waals surface area contributed by atoms with E-state index in [4.69, 9.17) is 14.2 Å². The van der Waals surface area contributed by atoms with Crippen molar-refractivity contribution in [1.82, 2.24) is 0 Å². The van der Waals surface area contributed by atoms with E-state index in [9.17, 15) is 4.79 Å². The first-order valence-electron chi connectivity index (χ1n) is 7.72. The van der Waals surface area contributed by atoms with Gasteiger partial charge in [-0.3, -0.25) is 0 Å². The maximum Gasteiger partial charge on any atom is 0.341 e. The average molecular weight is 354 g/mol. The van der Waals surface area contributed by atoms with Gasteiger partial charge in [0.25, 0.3) is 0 Å². The van der Waals surface area contributed by atoms with Crippen molar-refractivity contribution < 1.29 is 19.0 Å². The summed E-state index contributed by atoms with van der Waals surface area (Å²) < 4.78 is 16.8. The smallest absolute Gasteiger partial charge is 0.341 e. The van der Waals surface area contributed by atoms with E-state index >= 15 is 0 Å². The predicted octanol–water partition coefficient (Wildman–Crippen LogP) is 4.64. The molecule has 0 radical (unpaired) electrons. The summed E-state index contributed by atoms with van der Waals surface area (Å²) in [7, 11) is 2.87. The van der Waals surface area contributed by atoms with Gasteiger partial charge in [0.2, 0.25) is 0 Å². The first kappa shape index (κ1) is 17.0. The van der Waals surface area contributed by atoms with Crippen molar-refractivity contribution in [3.8, 4) is 5.75 Å². The lowest BCUT2D eigenvalue weighted by Crippen LogP contribution is -2.04. The molecule has 0 aliphatic carbocycles. The molecule has 0 aliphatic rings. The summed E-state index contributed by atoms with van der Waals surface area (Å²) >= 11 is 1.57. The number of rotatable bonds is 6. The van der Waals surface area contributed by atoms with E-state index in [1.807, 2.05) is 53.9 Å². The Labute approximate surface area is 150 Å². The number of fused-ring (bicyclic) bond motifs is 1. The second kappa shape index (κ2) is 7.85. The first-order chi connectivity index (χ1) is 12.2. The molecule has 3 aromatic rings. The highest BCUT2D eigenvalue weighted by Crippen LogP contribution is 2.32. The molecule has 0 amide bonds. The van der Waals surface area contributed by atoms with Gasteiger partial charge in [-0.1, -0.05) is 24.3 Å². The number of ether oxygens (including phenoxy) is 3. The van der Waals surface area contributed by atoms with Crippen LogP contribution in [0.25, 0.3) is 15.7 Å². The van der Waals surface area contributed by atoms with Crippen LogP contribution < -0.4 is 4.74 Å². The number of methoxy groups -OCH3 is 2. The zero-order chi connectivity index (χ0) is 17.6. The number of esters is 1. The Morgan fingerprint density at radius 3 is 2.64 bits per heavy atom. The number of carbonyl (C=O) groups excluding carboxylic acids is 1. The molecule has 0 unspecified atom stereocenters. The quantitative estimate of drug-likeness (QED) is 0.367. The molecular formula is C20H18O4S. The van der Waals surface area contributed by atoms with E-state index in [1.165, 1.54) is 20.5 Å². The van der Waals surface area contributed by atoms with E-state index in [0.717, 1.165) is 27.0 Å². The van der Waals surface area contributed by atoms with Crippen molar-refractivity contribution in [3.05, 3.63) is 71.3 Å². The van der Waals surface area contributed by atoms with Crippen molar-refractivity contribution in [1.29, 1.82) is 0 Å². The second-order valence-electron chi connectivity index (χ2n) is 5.34. The van der Waals surface area contributed by atoms with Crippen LogP contribution in [0.15, 0.2) is 60.2 Å². The minimum atomic E-state index is -0.424. The van der Waals surface area contributed by atoms with Gasteiger partial charge >= 0.3 is 5.97 Å². The van der Waals surface area contributed by atoms with Crippen LogP contribution in [0.4, 0.5) is 0 Å². The van der Waals surface area contributed by atoms with Crippen LogP contribution in [0.5, 0.6) is 5.75 Å². The zero-order valence-electron chi connectivity index (χ0n) is 14.0. The van der Waals surface area contributed by atoms with Gasteiger partial charge in [-0.05, 0) is 29.8 Å². The summed E-state index contributed by atoms with van der Waals surface area (Å²) in [4.78, 5) is 12.0. The van der Waals surface area contributed by atoms with Gasteiger partial charge in [0.05, 0.1) is 20.5 Å². The van der Waals surface area contributed by atoms with E-state index in [-0.39, 0.29) is 0 Å². The number of hydrogen-bond donors (Lipinski definition) is 0. The normalized spacial score (nSPS) is 11.4. The Hall–Kier alpha value is -2.79. The first-order valence-corrected chi connectivity index (χ1v) is 8.60. The molecule has 1 heterocycles. The summed E-state index contributed by atoms with van der Waals surface area (Å²) in [6, 6.07) is 15.8. The Bertz CT molecular complexity index is 896. The van der Waals surface area contributed by atoms with E-state index < -0.39 is 5.97 Å². The number of thiophene rings is 1. The molecule has 0 saturated heterocycles. The number of para-hydroxylation sites is 1. The maximum absolute atomic E-state index is 12.0. The highest BCUT2D eigenvalue weighted by molar-refractivity contribution is 7.17. The Morgan fingerprint density at radius 2 is 1.92 bits per heavy atom. The molecule has 4 nitrogen and oxygen atoms in total. The molecule has 0 fully saturated rings. The fourth-order valence-electron chi connectivity index (χ4n) is 2.51. The summed E-state index contributed by atoms with van der Waals surface area (Å²) in [5.74, 6) is 0.398. The third-order valence-corrected chi connectivity index (χ3v) is 4.68. The lowest BCUT2D eigenvalue weighted by Gasteiger charge is -2.08. The largest absolute Gasteiger partial charge is 0.503 e. The third-order valence-electron chi connectivity index (χ3n) is 3.72. The molecule has 0 spiro atoms. The minimum Gasteiger partial charge on any atom is -0.503 e. The molecule has 128 valence electrons. The van der Waals surface area contributed by atoms with Gasteiger partial charge in [0.15, 0.2) is 0 Å². The lowest BCUT2D eigenvalue weighted by molar-refractivity contribution is -0.133. The monoisotopic (exact) mass is 354 g/mol. The van der Waals surface area contributed by atoms with Gasteiger partial charge in [0, 0.05) is 21.0 Å². The van der Waals surface area contributed by atoms with Crippen molar-refractivity contribution in [3.63, 3.8) is 0 Å². The summed E-state index contributed by atoms with van der Waals surface area (Å²) in [5.41, 5.74) is 2.23. The highest BCUT2D eigenvalue weighted by Gasteiger charge is 2.17. The molecule has 0 atom stereocenters. The SMILES string of the molecule is COC=C(C(=O)OC)c1csc2ccc(COc3ccccc3)cc12. The molecule has 0 aliphatic heterocycles. The van der Waals surface area contributed by atoms with Crippen LogP contribution in [0, 0.1) is 0 Å². The summed E-state index contributed by atoms with van der Waals surface area (Å²) in [6.45, 7) is 0.455. The average Bonchev–Trinajstić information content (AvgIpc) is 3.07. The van der Waals surface area contributed by atoms with Gasteiger partial charge in [-0.2, -0.15) is 0 Å². The molecule has 0 saturated carbocycles. The predicted molar refractivity (Wildman–Crippen MR) is 99.6 cm³/mol. The van der Waals surface area contributed by atoms with Crippen molar-refractivity contribution in [2.75, 3.05) is 14.2 Å². The van der Waals surface area contributed by atoms with E-state index in [2.05, 4.69) is 0 Å². The van der Waals surface area contributed by atoms with E-state index in [1.54, 1.807) is 11.3 Å². The fraction of sp³-hybridized carbons (Fsp3) is 0.150. The van der Waals surface area contributed by atoms with Gasteiger partial charge < -0.3 is 14.2 Å². The molecule has 2 aromatic carbocycles. The molecule has 3 rings (SSSR count). The molecule has 0 N–H and O–H groups in total. The molecule has 25 heavy (non-hydrogen) atoms. The van der Waals surface area contributed by atoms with Crippen LogP contribution in [-0.4, -0.2) is 20.2 Å². The number of carbonyl (C=O) groups is 1. The summed E-state index contributed by atoms with van der Waals surface area (Å²) in [6.07, 6.45) is 1.42. The Balaban J connectivity index is 1.91. The van der Waals surface area contributed by atoms with Crippen LogP contribution in [0.2, 0.25) is 0 Å². The minimum absolute atomic E-state index is 0.400. The van der Waals surface area contributed by atoms with Gasteiger partial charge in [-0.25, -0.2) is 4.79 Å². The number of benzene rings is 2.